The highest BCUT2D eigenvalue weighted by molar-refractivity contribution is 9.10. The van der Waals surface area contributed by atoms with Crippen LogP contribution >= 0.6 is 15.9 Å². The summed E-state index contributed by atoms with van der Waals surface area (Å²) in [7, 11) is -4.15. The molecule has 2 heterocycles. The van der Waals surface area contributed by atoms with Crippen LogP contribution in [0.4, 0.5) is 0 Å². The Kier molecular flexibility index (Phi) is 5.90. The molecule has 0 saturated carbocycles. The SMILES string of the molecule is N#C/C(=C\c1c(Oc2ccc(Br)cc2)nc2ccccn2c1=O)S(=O)(=O)c1ccccc1. The van der Waals surface area contributed by atoms with Crippen molar-refractivity contribution in [3.05, 3.63) is 104 Å². The average molecular weight is 508 g/mol. The van der Waals surface area contributed by atoms with Gasteiger partial charge in [0.25, 0.3) is 5.56 Å². The molecule has 7 nitrogen and oxygen atoms in total. The van der Waals surface area contributed by atoms with Crippen molar-refractivity contribution in [2.45, 2.75) is 4.90 Å². The van der Waals surface area contributed by atoms with E-state index in [0.717, 1.165) is 10.5 Å². The van der Waals surface area contributed by atoms with E-state index < -0.39 is 20.3 Å². The standard InChI is InChI=1S/C23H14BrN3O4S/c24-16-9-11-17(12-10-16)31-22-20(23(28)27-13-5-4-8-21(27)26-22)14-19(15-25)32(29,30)18-6-2-1-3-7-18/h1-14H/b19-14+. The third kappa shape index (κ3) is 4.19. The number of halogens is 1. The lowest BCUT2D eigenvalue weighted by atomic mass is 10.2. The number of hydrogen-bond acceptors (Lipinski definition) is 6. The molecule has 0 amide bonds. The molecule has 0 aliphatic rings. The van der Waals surface area contributed by atoms with Crippen molar-refractivity contribution in [2.75, 3.05) is 0 Å². The molecule has 0 unspecified atom stereocenters. The maximum absolute atomic E-state index is 13.2. The number of aromatic nitrogens is 2. The van der Waals surface area contributed by atoms with Crippen molar-refractivity contribution in [3.63, 3.8) is 0 Å². The van der Waals surface area contributed by atoms with Gasteiger partial charge in [-0.25, -0.2) is 8.42 Å². The highest BCUT2D eigenvalue weighted by atomic mass is 79.9. The summed E-state index contributed by atoms with van der Waals surface area (Å²) in [5, 5.41) is 9.63. The van der Waals surface area contributed by atoms with E-state index >= 15 is 0 Å². The fourth-order valence-corrected chi connectivity index (χ4v) is 4.35. The molecule has 0 bridgehead atoms. The second-order valence-electron chi connectivity index (χ2n) is 6.56. The smallest absolute Gasteiger partial charge is 0.269 e. The quantitative estimate of drug-likeness (QED) is 0.366. The van der Waals surface area contributed by atoms with E-state index in [1.165, 1.54) is 22.7 Å². The van der Waals surface area contributed by atoms with Gasteiger partial charge in [-0.1, -0.05) is 40.2 Å². The van der Waals surface area contributed by atoms with Crippen LogP contribution in [0.2, 0.25) is 0 Å². The third-order valence-electron chi connectivity index (χ3n) is 4.49. The van der Waals surface area contributed by atoms with Crippen molar-refractivity contribution >= 4 is 37.5 Å². The van der Waals surface area contributed by atoms with Crippen LogP contribution in [-0.2, 0) is 9.84 Å². The molecule has 0 spiro atoms. The van der Waals surface area contributed by atoms with Gasteiger partial charge < -0.3 is 4.74 Å². The van der Waals surface area contributed by atoms with Gasteiger partial charge in [0.2, 0.25) is 15.7 Å². The number of allylic oxidation sites excluding steroid dienone is 1. The summed E-state index contributed by atoms with van der Waals surface area (Å²) < 4.78 is 33.9. The Morgan fingerprint density at radius 3 is 2.41 bits per heavy atom. The van der Waals surface area contributed by atoms with Crippen molar-refractivity contribution < 1.29 is 13.2 Å². The maximum atomic E-state index is 13.2. The summed E-state index contributed by atoms with van der Waals surface area (Å²) in [5.74, 6) is 0.277. The lowest BCUT2D eigenvalue weighted by Crippen LogP contribution is -2.19. The van der Waals surface area contributed by atoms with Gasteiger partial charge in [-0.3, -0.25) is 9.20 Å². The minimum atomic E-state index is -4.15. The van der Waals surface area contributed by atoms with Crippen LogP contribution in [0, 0.1) is 11.3 Å². The molecular formula is C23H14BrN3O4S. The van der Waals surface area contributed by atoms with E-state index in [9.17, 15) is 18.5 Å². The molecule has 9 heteroatoms. The number of benzene rings is 2. The van der Waals surface area contributed by atoms with Gasteiger partial charge in [0.05, 0.1) is 4.90 Å². The van der Waals surface area contributed by atoms with Gasteiger partial charge in [-0.2, -0.15) is 10.2 Å². The number of nitriles is 1. The second kappa shape index (κ2) is 8.78. The Morgan fingerprint density at radius 1 is 1.03 bits per heavy atom. The Bertz CT molecular complexity index is 1540. The normalized spacial score (nSPS) is 11.8. The minimum Gasteiger partial charge on any atom is -0.438 e. The predicted molar refractivity (Wildman–Crippen MR) is 123 cm³/mol. The summed E-state index contributed by atoms with van der Waals surface area (Å²) in [6.45, 7) is 0. The van der Waals surface area contributed by atoms with E-state index in [0.29, 0.717) is 11.4 Å². The Labute approximate surface area is 191 Å². The van der Waals surface area contributed by atoms with Crippen molar-refractivity contribution in [1.82, 2.24) is 9.38 Å². The summed E-state index contributed by atoms with van der Waals surface area (Å²) in [4.78, 5) is 16.9. The van der Waals surface area contributed by atoms with Gasteiger partial charge in [0.1, 0.15) is 27.9 Å². The van der Waals surface area contributed by atoms with E-state index in [1.54, 1.807) is 66.7 Å². The molecular weight excluding hydrogens is 494 g/mol. The first-order valence-corrected chi connectivity index (χ1v) is 11.5. The first-order valence-electron chi connectivity index (χ1n) is 9.27. The van der Waals surface area contributed by atoms with Crippen LogP contribution in [0.25, 0.3) is 11.7 Å². The highest BCUT2D eigenvalue weighted by Crippen LogP contribution is 2.27. The monoisotopic (exact) mass is 507 g/mol. The van der Waals surface area contributed by atoms with Gasteiger partial charge in [-0.05, 0) is 54.6 Å². The first-order chi connectivity index (χ1) is 15.4. The van der Waals surface area contributed by atoms with Crippen LogP contribution in [-0.4, -0.2) is 17.8 Å². The first kappa shape index (κ1) is 21.5. The maximum Gasteiger partial charge on any atom is 0.269 e. The zero-order valence-electron chi connectivity index (χ0n) is 16.3. The molecule has 2 aromatic heterocycles. The Balaban J connectivity index is 1.93. The van der Waals surface area contributed by atoms with Crippen LogP contribution in [0.15, 0.2) is 98.1 Å². The molecule has 0 radical (unpaired) electrons. The van der Waals surface area contributed by atoms with Crippen LogP contribution in [0.1, 0.15) is 5.56 Å². The largest absolute Gasteiger partial charge is 0.438 e. The fourth-order valence-electron chi connectivity index (χ4n) is 2.93. The topological polar surface area (TPSA) is 102 Å². The lowest BCUT2D eigenvalue weighted by Gasteiger charge is -2.10. The van der Waals surface area contributed by atoms with Crippen molar-refractivity contribution in [2.24, 2.45) is 0 Å². The summed E-state index contributed by atoms with van der Waals surface area (Å²) in [5.41, 5.74) is -0.419. The summed E-state index contributed by atoms with van der Waals surface area (Å²) in [6, 6.07) is 21.0. The zero-order chi connectivity index (χ0) is 22.7. The molecule has 0 saturated heterocycles. The predicted octanol–water partition coefficient (Wildman–Crippen LogP) is 4.59. The number of sulfone groups is 1. The van der Waals surface area contributed by atoms with Gasteiger partial charge in [0.15, 0.2) is 0 Å². The minimum absolute atomic E-state index is 0.0583. The Hall–Kier alpha value is -3.74. The number of fused-ring (bicyclic) bond motifs is 1. The summed E-state index contributed by atoms with van der Waals surface area (Å²) >= 11 is 3.34. The molecule has 0 fully saturated rings. The highest BCUT2D eigenvalue weighted by Gasteiger charge is 2.23. The second-order valence-corrected chi connectivity index (χ2v) is 9.39. The van der Waals surface area contributed by atoms with Crippen molar-refractivity contribution in [3.8, 4) is 17.7 Å². The number of rotatable bonds is 5. The molecule has 32 heavy (non-hydrogen) atoms. The molecule has 158 valence electrons. The summed E-state index contributed by atoms with van der Waals surface area (Å²) in [6.07, 6.45) is 2.51. The molecule has 0 aliphatic carbocycles. The average Bonchev–Trinajstić information content (AvgIpc) is 2.81. The van der Waals surface area contributed by atoms with Crippen LogP contribution in [0.5, 0.6) is 11.6 Å². The third-order valence-corrected chi connectivity index (χ3v) is 6.70. The fraction of sp³-hybridized carbons (Fsp3) is 0. The van der Waals surface area contributed by atoms with E-state index in [1.807, 2.05) is 0 Å². The number of hydrogen-bond donors (Lipinski definition) is 0. The molecule has 0 aliphatic heterocycles. The molecule has 4 aromatic rings. The molecule has 0 N–H and O–H groups in total. The lowest BCUT2D eigenvalue weighted by molar-refractivity contribution is 0.461. The van der Waals surface area contributed by atoms with E-state index in [-0.39, 0.29) is 16.3 Å². The number of pyridine rings is 1. The molecule has 2 aromatic carbocycles. The van der Waals surface area contributed by atoms with Crippen LogP contribution < -0.4 is 10.3 Å². The Morgan fingerprint density at radius 2 is 1.72 bits per heavy atom. The zero-order valence-corrected chi connectivity index (χ0v) is 18.7. The van der Waals surface area contributed by atoms with E-state index in [4.69, 9.17) is 4.74 Å². The van der Waals surface area contributed by atoms with Gasteiger partial charge in [-0.15, -0.1) is 0 Å². The molecule has 0 atom stereocenters. The van der Waals surface area contributed by atoms with E-state index in [2.05, 4.69) is 20.9 Å². The van der Waals surface area contributed by atoms with Crippen LogP contribution in [0.3, 0.4) is 0 Å². The van der Waals surface area contributed by atoms with Gasteiger partial charge >= 0.3 is 0 Å². The van der Waals surface area contributed by atoms with Gasteiger partial charge in [0, 0.05) is 10.7 Å². The van der Waals surface area contributed by atoms with Crippen molar-refractivity contribution in [1.29, 1.82) is 5.26 Å². The number of nitrogens with zero attached hydrogens (tertiary/aromatic N) is 3. The number of ether oxygens (including phenoxy) is 1. The molecule has 4 rings (SSSR count).